The first-order valence-corrected chi connectivity index (χ1v) is 7.36. The number of carbonyl (C=O) groups is 1. The smallest absolute Gasteiger partial charge is 0.279 e. The molecule has 0 saturated heterocycles. The van der Waals surface area contributed by atoms with Crippen molar-refractivity contribution in [2.24, 2.45) is 5.41 Å². The molecule has 1 aromatic heterocycles. The van der Waals surface area contributed by atoms with E-state index in [4.69, 9.17) is 4.74 Å². The average Bonchev–Trinajstić information content (AvgIpc) is 2.75. The number of fused-ring (bicyclic) bond motifs is 1. The lowest BCUT2D eigenvalue weighted by atomic mass is 9.88. The minimum absolute atomic E-state index is 0.0129. The second-order valence-corrected chi connectivity index (χ2v) is 6.66. The van der Waals surface area contributed by atoms with E-state index in [1.54, 1.807) is 0 Å². The summed E-state index contributed by atoms with van der Waals surface area (Å²) in [6.07, 6.45) is 0.774. The van der Waals surface area contributed by atoms with Crippen molar-refractivity contribution in [2.45, 2.75) is 20.3 Å². The summed E-state index contributed by atoms with van der Waals surface area (Å²) in [6, 6.07) is 9.49. The number of hydrogen-bond acceptors (Lipinski definition) is 4. The molecule has 0 fully saturated rings. The van der Waals surface area contributed by atoms with Gasteiger partial charge in [0.2, 0.25) is 0 Å². The van der Waals surface area contributed by atoms with Gasteiger partial charge in [0.1, 0.15) is 10.6 Å². The fourth-order valence-electron chi connectivity index (χ4n) is 2.18. The first-order valence-electron chi connectivity index (χ1n) is 6.54. The predicted molar refractivity (Wildman–Crippen MR) is 78.4 cm³/mol. The van der Waals surface area contributed by atoms with Crippen LogP contribution in [0.25, 0.3) is 0 Å². The zero-order valence-electron chi connectivity index (χ0n) is 11.5. The molecule has 1 N–H and O–H groups in total. The molecule has 1 aromatic carbocycles. The maximum Gasteiger partial charge on any atom is 0.279 e. The number of aromatic nitrogens is 1. The molecule has 0 unspecified atom stereocenters. The normalized spacial score (nSPS) is 17.0. The molecule has 1 aliphatic heterocycles. The monoisotopic (exact) mass is 288 g/mol. The molecule has 5 heteroatoms. The number of carbonyl (C=O) groups excluding carboxylic acids is 1. The molecule has 0 saturated carbocycles. The SMILES string of the molecule is CC1(C)CNC(=O)c2sc(Oc3ccccc3)nc2C1. The van der Waals surface area contributed by atoms with Crippen molar-refractivity contribution in [1.29, 1.82) is 0 Å². The van der Waals surface area contributed by atoms with Gasteiger partial charge in [-0.25, -0.2) is 4.98 Å². The van der Waals surface area contributed by atoms with E-state index in [1.165, 1.54) is 11.3 Å². The lowest BCUT2D eigenvalue weighted by Crippen LogP contribution is -2.31. The third kappa shape index (κ3) is 2.67. The molecule has 2 heterocycles. The van der Waals surface area contributed by atoms with Crippen LogP contribution < -0.4 is 10.1 Å². The fourth-order valence-corrected chi connectivity index (χ4v) is 3.04. The van der Waals surface area contributed by atoms with Crippen LogP contribution in [0.5, 0.6) is 10.9 Å². The molecule has 0 radical (unpaired) electrons. The number of thiazole rings is 1. The van der Waals surface area contributed by atoms with Crippen LogP contribution in [0, 0.1) is 5.41 Å². The lowest BCUT2D eigenvalue weighted by Gasteiger charge is -2.21. The van der Waals surface area contributed by atoms with Crippen molar-refractivity contribution in [3.8, 4) is 10.9 Å². The Morgan fingerprint density at radius 1 is 1.30 bits per heavy atom. The van der Waals surface area contributed by atoms with Gasteiger partial charge in [0.15, 0.2) is 0 Å². The quantitative estimate of drug-likeness (QED) is 0.923. The zero-order chi connectivity index (χ0) is 14.2. The van der Waals surface area contributed by atoms with Gasteiger partial charge in [0.25, 0.3) is 11.1 Å². The highest BCUT2D eigenvalue weighted by atomic mass is 32.1. The van der Waals surface area contributed by atoms with Crippen molar-refractivity contribution in [2.75, 3.05) is 6.54 Å². The third-order valence-corrected chi connectivity index (χ3v) is 4.18. The minimum Gasteiger partial charge on any atom is -0.431 e. The first-order chi connectivity index (χ1) is 9.53. The highest BCUT2D eigenvalue weighted by molar-refractivity contribution is 7.15. The highest BCUT2D eigenvalue weighted by Crippen LogP contribution is 2.34. The van der Waals surface area contributed by atoms with Crippen LogP contribution in [0.1, 0.15) is 29.2 Å². The first kappa shape index (κ1) is 13.1. The van der Waals surface area contributed by atoms with Gasteiger partial charge in [-0.3, -0.25) is 4.79 Å². The highest BCUT2D eigenvalue weighted by Gasteiger charge is 2.30. The topological polar surface area (TPSA) is 51.2 Å². The summed E-state index contributed by atoms with van der Waals surface area (Å²) in [4.78, 5) is 17.2. The van der Waals surface area contributed by atoms with Crippen molar-refractivity contribution in [1.82, 2.24) is 10.3 Å². The van der Waals surface area contributed by atoms with Gasteiger partial charge >= 0.3 is 0 Å². The summed E-state index contributed by atoms with van der Waals surface area (Å²) in [5.41, 5.74) is 0.847. The van der Waals surface area contributed by atoms with Crippen LogP contribution in [-0.2, 0) is 6.42 Å². The van der Waals surface area contributed by atoms with Gasteiger partial charge in [-0.05, 0) is 24.0 Å². The third-order valence-electron chi connectivity index (χ3n) is 3.21. The second kappa shape index (κ2) is 4.90. The zero-order valence-corrected chi connectivity index (χ0v) is 12.3. The Labute approximate surface area is 121 Å². The summed E-state index contributed by atoms with van der Waals surface area (Å²) in [5, 5.41) is 3.47. The Hall–Kier alpha value is -1.88. The van der Waals surface area contributed by atoms with Crippen molar-refractivity contribution in [3.63, 3.8) is 0 Å². The van der Waals surface area contributed by atoms with Crippen LogP contribution in [0.3, 0.4) is 0 Å². The number of rotatable bonds is 2. The van der Waals surface area contributed by atoms with E-state index >= 15 is 0 Å². The maximum atomic E-state index is 12.1. The van der Waals surface area contributed by atoms with E-state index in [0.717, 1.165) is 17.9 Å². The predicted octanol–water partition coefficient (Wildman–Crippen LogP) is 3.25. The van der Waals surface area contributed by atoms with Gasteiger partial charge in [0, 0.05) is 6.54 Å². The Bertz CT molecular complexity index is 635. The van der Waals surface area contributed by atoms with E-state index in [0.29, 0.717) is 16.6 Å². The molecular weight excluding hydrogens is 272 g/mol. The molecule has 0 bridgehead atoms. The minimum atomic E-state index is -0.0500. The summed E-state index contributed by atoms with van der Waals surface area (Å²) in [6.45, 7) is 4.92. The van der Waals surface area contributed by atoms with Crippen molar-refractivity contribution >= 4 is 17.2 Å². The Morgan fingerprint density at radius 3 is 2.80 bits per heavy atom. The number of amides is 1. The molecule has 1 amide bonds. The molecule has 2 aromatic rings. The molecule has 0 spiro atoms. The summed E-state index contributed by atoms with van der Waals surface area (Å²) in [7, 11) is 0. The molecule has 0 atom stereocenters. The summed E-state index contributed by atoms with van der Waals surface area (Å²) >= 11 is 1.31. The Morgan fingerprint density at radius 2 is 2.05 bits per heavy atom. The van der Waals surface area contributed by atoms with E-state index in [9.17, 15) is 4.79 Å². The number of ether oxygens (including phenoxy) is 1. The van der Waals surface area contributed by atoms with E-state index < -0.39 is 0 Å². The number of para-hydroxylation sites is 1. The molecule has 3 rings (SSSR count). The van der Waals surface area contributed by atoms with Gasteiger partial charge in [-0.2, -0.15) is 0 Å². The van der Waals surface area contributed by atoms with E-state index in [2.05, 4.69) is 24.1 Å². The molecule has 4 nitrogen and oxygen atoms in total. The second-order valence-electron chi connectivity index (χ2n) is 5.69. The van der Waals surface area contributed by atoms with Crippen LogP contribution in [0.4, 0.5) is 0 Å². The van der Waals surface area contributed by atoms with Crippen molar-refractivity contribution < 1.29 is 9.53 Å². The molecular formula is C15H16N2O2S. The lowest BCUT2D eigenvalue weighted by molar-refractivity contribution is 0.0948. The van der Waals surface area contributed by atoms with Crippen molar-refractivity contribution in [3.05, 3.63) is 40.9 Å². The summed E-state index contributed by atoms with van der Waals surface area (Å²) < 4.78 is 5.72. The Balaban J connectivity index is 1.90. The molecule has 20 heavy (non-hydrogen) atoms. The number of benzene rings is 1. The van der Waals surface area contributed by atoms with Gasteiger partial charge in [-0.15, -0.1) is 0 Å². The summed E-state index contributed by atoms with van der Waals surface area (Å²) in [5.74, 6) is 0.682. The number of hydrogen-bond donors (Lipinski definition) is 1. The van der Waals surface area contributed by atoms with Crippen LogP contribution in [0.2, 0.25) is 0 Å². The standard InChI is InChI=1S/C15H16N2O2S/c1-15(2)8-11-12(13(18)16-9-15)20-14(17-11)19-10-6-4-3-5-7-10/h3-7H,8-9H2,1-2H3,(H,16,18). The van der Waals surface area contributed by atoms with E-state index in [-0.39, 0.29) is 11.3 Å². The molecule has 1 aliphatic rings. The molecule has 0 aliphatic carbocycles. The van der Waals surface area contributed by atoms with Crippen LogP contribution >= 0.6 is 11.3 Å². The largest absolute Gasteiger partial charge is 0.431 e. The fraction of sp³-hybridized carbons (Fsp3) is 0.333. The molecule has 104 valence electrons. The van der Waals surface area contributed by atoms with Gasteiger partial charge in [-0.1, -0.05) is 43.4 Å². The number of nitrogens with zero attached hydrogens (tertiary/aromatic N) is 1. The Kier molecular flexibility index (Phi) is 3.22. The van der Waals surface area contributed by atoms with Gasteiger partial charge in [0.05, 0.1) is 5.69 Å². The van der Waals surface area contributed by atoms with E-state index in [1.807, 2.05) is 30.3 Å². The van der Waals surface area contributed by atoms with Crippen LogP contribution in [0.15, 0.2) is 30.3 Å². The number of nitrogens with one attached hydrogen (secondary N) is 1. The van der Waals surface area contributed by atoms with Crippen LogP contribution in [-0.4, -0.2) is 17.4 Å². The maximum absolute atomic E-state index is 12.1. The average molecular weight is 288 g/mol. The van der Waals surface area contributed by atoms with Gasteiger partial charge < -0.3 is 10.1 Å².